The quantitative estimate of drug-likeness (QED) is 0.496. The van der Waals surface area contributed by atoms with Crippen molar-refractivity contribution in [3.05, 3.63) is 11.2 Å². The number of hydrogen-bond acceptors (Lipinski definition) is 0. The van der Waals surface area contributed by atoms with Crippen LogP contribution in [0.25, 0.3) is 0 Å². The van der Waals surface area contributed by atoms with Gasteiger partial charge in [-0.15, -0.1) is 0 Å². The molecule has 0 aliphatic heterocycles. The Hall–Kier alpha value is 0.660. The molecule has 0 spiro atoms. The summed E-state index contributed by atoms with van der Waals surface area (Å²) in [6.45, 7) is 0. The Morgan fingerprint density at radius 3 is 1.62 bits per heavy atom. The smallest absolute Gasteiger partial charge is 0.102 e. The normalized spacial score (nSPS) is 11.5. The fourth-order valence-electron chi connectivity index (χ4n) is 0.169. The van der Waals surface area contributed by atoms with E-state index in [2.05, 4.69) is 37.1 Å². The second-order valence-electron chi connectivity index (χ2n) is 2.39. The summed E-state index contributed by atoms with van der Waals surface area (Å²) in [7, 11) is 6.28. The summed E-state index contributed by atoms with van der Waals surface area (Å²) >= 11 is 3.19. The van der Waals surface area contributed by atoms with E-state index in [1.54, 1.807) is 0 Å². The van der Waals surface area contributed by atoms with Crippen LogP contribution in [-0.4, -0.2) is 25.6 Å². The van der Waals surface area contributed by atoms with Gasteiger partial charge in [-0.25, -0.2) is 0 Å². The van der Waals surface area contributed by atoms with Crippen molar-refractivity contribution < 1.29 is 21.5 Å². The van der Waals surface area contributed by atoms with Gasteiger partial charge in [-0.1, -0.05) is 15.9 Å². The van der Waals surface area contributed by atoms with Gasteiger partial charge in [0.15, 0.2) is 0 Å². The maximum absolute atomic E-state index is 3.19. The molecule has 0 aromatic rings. The molecule has 50 valence electrons. The molecule has 0 aromatic carbocycles. The van der Waals surface area contributed by atoms with Crippen LogP contribution in [0.1, 0.15) is 0 Å². The highest BCUT2D eigenvalue weighted by Gasteiger charge is 1.96. The molecule has 8 heavy (non-hydrogen) atoms. The van der Waals surface area contributed by atoms with Crippen LogP contribution in [-0.2, 0) is 0 Å². The van der Waals surface area contributed by atoms with E-state index in [1.807, 2.05) is 11.2 Å². The highest BCUT2D eigenvalue weighted by Crippen LogP contribution is 1.93. The molecule has 0 aliphatic carbocycles. The van der Waals surface area contributed by atoms with Crippen LogP contribution in [0.3, 0.4) is 0 Å². The number of nitrogens with zero attached hydrogens (tertiary/aromatic N) is 1. The molecule has 0 N–H and O–H groups in total. The van der Waals surface area contributed by atoms with Crippen LogP contribution in [0.5, 0.6) is 0 Å². The molecule has 0 amide bonds. The van der Waals surface area contributed by atoms with E-state index < -0.39 is 0 Å². The Morgan fingerprint density at radius 2 is 1.62 bits per heavy atom. The molecule has 0 heterocycles. The number of rotatable bonds is 1. The largest absolute Gasteiger partial charge is 1.00 e. The lowest BCUT2D eigenvalue weighted by Crippen LogP contribution is -3.00. The summed E-state index contributed by atoms with van der Waals surface area (Å²) in [6.07, 6.45) is 2.04. The van der Waals surface area contributed by atoms with E-state index >= 15 is 0 Å². The lowest BCUT2D eigenvalue weighted by Gasteiger charge is -2.16. The van der Waals surface area contributed by atoms with Crippen molar-refractivity contribution in [2.45, 2.75) is 0 Å². The zero-order valence-electron chi connectivity index (χ0n) is 5.36. The highest BCUT2D eigenvalue weighted by atomic mass is 79.9. The predicted molar refractivity (Wildman–Crippen MR) is 36.1 cm³/mol. The minimum Gasteiger partial charge on any atom is -1.00 e. The van der Waals surface area contributed by atoms with Crippen LogP contribution in [0.15, 0.2) is 11.2 Å². The SMILES string of the molecule is C[N+](C)(C)C=CBr.[Br-]. The lowest BCUT2D eigenvalue weighted by atomic mass is 10.7. The van der Waals surface area contributed by atoms with Crippen LogP contribution < -0.4 is 17.0 Å². The van der Waals surface area contributed by atoms with Gasteiger partial charge in [-0.2, -0.15) is 0 Å². The predicted octanol–water partition coefficient (Wildman–Crippen LogP) is -1.44. The minimum absolute atomic E-state index is 0. The fourth-order valence-corrected chi connectivity index (χ4v) is 0.878. The Balaban J connectivity index is 0. The van der Waals surface area contributed by atoms with E-state index in [9.17, 15) is 0 Å². The van der Waals surface area contributed by atoms with Crippen molar-refractivity contribution in [3.63, 3.8) is 0 Å². The second kappa shape index (κ2) is 4.53. The van der Waals surface area contributed by atoms with E-state index in [4.69, 9.17) is 0 Å². The molecule has 0 saturated heterocycles. The first-order valence-corrected chi connectivity index (χ1v) is 3.07. The van der Waals surface area contributed by atoms with Crippen molar-refractivity contribution in [2.75, 3.05) is 21.1 Å². The van der Waals surface area contributed by atoms with Crippen molar-refractivity contribution in [1.82, 2.24) is 0 Å². The van der Waals surface area contributed by atoms with Crippen molar-refractivity contribution in [2.24, 2.45) is 0 Å². The Bertz CT molecular complexity index is 73.0. The van der Waals surface area contributed by atoms with Crippen LogP contribution in [0.4, 0.5) is 0 Å². The van der Waals surface area contributed by atoms with Gasteiger partial charge in [0.05, 0.1) is 21.1 Å². The standard InChI is InChI=1S/C5H11BrN.BrH/c1-7(2,3)5-4-6;/h4-5H,1-3H3;1H/q+1;/p-1. The van der Waals surface area contributed by atoms with E-state index in [0.717, 1.165) is 4.48 Å². The Morgan fingerprint density at radius 1 is 1.25 bits per heavy atom. The first-order valence-electron chi connectivity index (χ1n) is 2.15. The summed E-state index contributed by atoms with van der Waals surface area (Å²) in [5.41, 5.74) is 0. The topological polar surface area (TPSA) is 0 Å². The van der Waals surface area contributed by atoms with Gasteiger partial charge < -0.3 is 21.5 Å². The molecule has 0 radical (unpaired) electrons. The molecule has 0 rings (SSSR count). The zero-order valence-corrected chi connectivity index (χ0v) is 8.53. The maximum Gasteiger partial charge on any atom is 0.102 e. The van der Waals surface area contributed by atoms with Gasteiger partial charge in [0.2, 0.25) is 0 Å². The Kier molecular flexibility index (Phi) is 6.49. The third-order valence-corrected chi connectivity index (χ3v) is 0.740. The molecule has 0 atom stereocenters. The number of halogens is 2. The van der Waals surface area contributed by atoms with Gasteiger partial charge in [0, 0.05) is 4.99 Å². The molecule has 1 nitrogen and oxygen atoms in total. The molecule has 0 aliphatic rings. The molecule has 0 bridgehead atoms. The first-order chi connectivity index (χ1) is 3.06. The fraction of sp³-hybridized carbons (Fsp3) is 0.600. The van der Waals surface area contributed by atoms with Crippen LogP contribution in [0.2, 0.25) is 0 Å². The van der Waals surface area contributed by atoms with Gasteiger partial charge >= 0.3 is 0 Å². The zero-order chi connectivity index (χ0) is 5.91. The maximum atomic E-state index is 3.19. The molecular formula is C5H11Br2N. The summed E-state index contributed by atoms with van der Waals surface area (Å²) in [5.74, 6) is 0. The Labute approximate surface area is 69.9 Å². The van der Waals surface area contributed by atoms with Crippen molar-refractivity contribution in [3.8, 4) is 0 Å². The van der Waals surface area contributed by atoms with E-state index in [1.165, 1.54) is 0 Å². The third-order valence-electron chi connectivity index (χ3n) is 0.504. The first kappa shape index (κ1) is 11.5. The molecule has 0 aromatic heterocycles. The summed E-state index contributed by atoms with van der Waals surface area (Å²) in [5, 5.41) is 0. The van der Waals surface area contributed by atoms with Gasteiger partial charge in [0.25, 0.3) is 0 Å². The number of quaternary nitrogens is 1. The number of hydrogen-bond donors (Lipinski definition) is 0. The highest BCUT2D eigenvalue weighted by molar-refractivity contribution is 9.11. The molecule has 3 heteroatoms. The lowest BCUT2D eigenvalue weighted by molar-refractivity contribution is -0.817. The monoisotopic (exact) mass is 243 g/mol. The molecule has 0 fully saturated rings. The van der Waals surface area contributed by atoms with Gasteiger partial charge in [-0.3, -0.25) is 0 Å². The van der Waals surface area contributed by atoms with Gasteiger partial charge in [-0.05, 0) is 0 Å². The summed E-state index contributed by atoms with van der Waals surface area (Å²) < 4.78 is 0.866. The van der Waals surface area contributed by atoms with Crippen LogP contribution >= 0.6 is 15.9 Å². The average molecular weight is 245 g/mol. The summed E-state index contributed by atoms with van der Waals surface area (Å²) in [4.78, 5) is 1.87. The van der Waals surface area contributed by atoms with E-state index in [0.29, 0.717) is 0 Å². The molecule has 0 saturated carbocycles. The van der Waals surface area contributed by atoms with Gasteiger partial charge in [0.1, 0.15) is 6.20 Å². The second-order valence-corrected chi connectivity index (χ2v) is 2.92. The van der Waals surface area contributed by atoms with Crippen molar-refractivity contribution >= 4 is 15.9 Å². The summed E-state index contributed by atoms with van der Waals surface area (Å²) in [6, 6.07) is 0. The van der Waals surface area contributed by atoms with Crippen LogP contribution in [0, 0.1) is 0 Å². The molecular weight excluding hydrogens is 234 g/mol. The average Bonchev–Trinajstić information content (AvgIpc) is 1.30. The minimum atomic E-state index is 0. The van der Waals surface area contributed by atoms with E-state index in [-0.39, 0.29) is 17.0 Å². The third kappa shape index (κ3) is 9.83. The van der Waals surface area contributed by atoms with Crippen molar-refractivity contribution in [1.29, 1.82) is 0 Å². The molecule has 0 unspecified atom stereocenters.